The number of aryl methyl sites for hydroxylation is 1. The van der Waals surface area contributed by atoms with E-state index in [0.29, 0.717) is 25.3 Å². The van der Waals surface area contributed by atoms with Crippen LogP contribution in [0.25, 0.3) is 0 Å². The molecule has 0 aliphatic carbocycles. The highest BCUT2D eigenvalue weighted by Gasteiger charge is 2.36. The van der Waals surface area contributed by atoms with Crippen molar-refractivity contribution in [2.45, 2.75) is 32.4 Å². The van der Waals surface area contributed by atoms with Crippen LogP contribution in [0.5, 0.6) is 0 Å². The third-order valence-electron chi connectivity index (χ3n) is 3.82. The molecule has 1 aromatic rings. The van der Waals surface area contributed by atoms with Gasteiger partial charge in [-0.05, 0) is 26.8 Å². The molecule has 2 rings (SSSR count). The monoisotopic (exact) mass is 266 g/mol. The standard InChI is InChI=1S/C15H23FN2O/c1-11-4-5-13(16)12(8-11)14(9-17)18-6-7-19-10-15(18,2)3/h4-5,8,14H,6-7,9-10,17H2,1-3H3. The average molecular weight is 266 g/mol. The van der Waals surface area contributed by atoms with Gasteiger partial charge in [0.2, 0.25) is 0 Å². The highest BCUT2D eigenvalue weighted by Crippen LogP contribution is 2.31. The molecular weight excluding hydrogens is 243 g/mol. The van der Waals surface area contributed by atoms with Gasteiger partial charge in [0.1, 0.15) is 5.82 Å². The fraction of sp³-hybridized carbons (Fsp3) is 0.600. The number of hydrogen-bond acceptors (Lipinski definition) is 3. The summed E-state index contributed by atoms with van der Waals surface area (Å²) in [6.07, 6.45) is 0. The number of halogens is 1. The van der Waals surface area contributed by atoms with E-state index in [1.54, 1.807) is 6.07 Å². The summed E-state index contributed by atoms with van der Waals surface area (Å²) in [7, 11) is 0. The first-order valence-electron chi connectivity index (χ1n) is 6.76. The van der Waals surface area contributed by atoms with Crippen LogP contribution in [0.15, 0.2) is 18.2 Å². The van der Waals surface area contributed by atoms with Gasteiger partial charge >= 0.3 is 0 Å². The van der Waals surface area contributed by atoms with Gasteiger partial charge in [0, 0.05) is 24.2 Å². The van der Waals surface area contributed by atoms with Crippen LogP contribution in [0.4, 0.5) is 4.39 Å². The molecule has 1 fully saturated rings. The quantitative estimate of drug-likeness (QED) is 0.912. The number of benzene rings is 1. The lowest BCUT2D eigenvalue weighted by Gasteiger charge is -2.46. The molecule has 2 N–H and O–H groups in total. The maximum absolute atomic E-state index is 14.1. The van der Waals surface area contributed by atoms with Crippen LogP contribution in [0.1, 0.15) is 31.0 Å². The van der Waals surface area contributed by atoms with Gasteiger partial charge in [-0.1, -0.05) is 17.7 Å². The highest BCUT2D eigenvalue weighted by molar-refractivity contribution is 5.27. The number of nitrogens with zero attached hydrogens (tertiary/aromatic N) is 1. The normalized spacial score (nSPS) is 21.3. The van der Waals surface area contributed by atoms with Gasteiger partial charge in [-0.2, -0.15) is 0 Å². The third-order valence-corrected chi connectivity index (χ3v) is 3.82. The van der Waals surface area contributed by atoms with Gasteiger partial charge in [-0.3, -0.25) is 4.90 Å². The Labute approximate surface area is 114 Å². The van der Waals surface area contributed by atoms with Gasteiger partial charge in [0.25, 0.3) is 0 Å². The molecule has 1 saturated heterocycles. The summed E-state index contributed by atoms with van der Waals surface area (Å²) in [4.78, 5) is 2.26. The van der Waals surface area contributed by atoms with E-state index < -0.39 is 0 Å². The zero-order valence-corrected chi connectivity index (χ0v) is 11.9. The van der Waals surface area contributed by atoms with E-state index in [9.17, 15) is 4.39 Å². The molecule has 1 aliphatic heterocycles. The van der Waals surface area contributed by atoms with Gasteiger partial charge in [-0.25, -0.2) is 4.39 Å². The minimum absolute atomic E-state index is 0.0983. The summed E-state index contributed by atoms with van der Waals surface area (Å²) in [6, 6.07) is 5.12. The van der Waals surface area contributed by atoms with Crippen molar-refractivity contribution in [1.29, 1.82) is 0 Å². The predicted octanol–water partition coefficient (Wildman–Crippen LogP) is 2.24. The van der Waals surface area contributed by atoms with Crippen LogP contribution in [0.2, 0.25) is 0 Å². The second kappa shape index (κ2) is 5.57. The summed E-state index contributed by atoms with van der Waals surface area (Å²) in [5.74, 6) is -0.177. The molecule has 0 amide bonds. The Bertz CT molecular complexity index is 448. The molecule has 1 heterocycles. The second-order valence-corrected chi connectivity index (χ2v) is 5.83. The Morgan fingerprint density at radius 3 is 2.84 bits per heavy atom. The fourth-order valence-electron chi connectivity index (χ4n) is 2.79. The molecule has 0 radical (unpaired) electrons. The Kier molecular flexibility index (Phi) is 4.23. The molecule has 1 atom stereocenters. The largest absolute Gasteiger partial charge is 0.378 e. The van der Waals surface area contributed by atoms with E-state index in [1.807, 2.05) is 13.0 Å². The Hall–Kier alpha value is -0.970. The van der Waals surface area contributed by atoms with Gasteiger partial charge < -0.3 is 10.5 Å². The molecule has 0 bridgehead atoms. The molecule has 19 heavy (non-hydrogen) atoms. The van der Waals surface area contributed by atoms with Crippen LogP contribution >= 0.6 is 0 Å². The molecule has 4 heteroatoms. The number of rotatable bonds is 3. The maximum Gasteiger partial charge on any atom is 0.128 e. The number of ether oxygens (including phenoxy) is 1. The van der Waals surface area contributed by atoms with Crippen LogP contribution in [0, 0.1) is 12.7 Å². The molecule has 0 saturated carbocycles. The lowest BCUT2D eigenvalue weighted by Crippen LogP contribution is -2.55. The minimum atomic E-state index is -0.177. The van der Waals surface area contributed by atoms with Crippen molar-refractivity contribution in [3.8, 4) is 0 Å². The summed E-state index contributed by atoms with van der Waals surface area (Å²) in [6.45, 7) is 8.71. The SMILES string of the molecule is Cc1ccc(F)c(C(CN)N2CCOCC2(C)C)c1. The van der Waals surface area contributed by atoms with Crippen molar-refractivity contribution in [3.63, 3.8) is 0 Å². The number of morpholine rings is 1. The second-order valence-electron chi connectivity index (χ2n) is 5.83. The average Bonchev–Trinajstić information content (AvgIpc) is 2.36. The fourth-order valence-corrected chi connectivity index (χ4v) is 2.79. The first-order valence-corrected chi connectivity index (χ1v) is 6.76. The summed E-state index contributed by atoms with van der Waals surface area (Å²) < 4.78 is 19.6. The third kappa shape index (κ3) is 2.96. The Balaban J connectivity index is 2.35. The van der Waals surface area contributed by atoms with Crippen molar-refractivity contribution in [2.24, 2.45) is 5.73 Å². The van der Waals surface area contributed by atoms with Gasteiger partial charge in [-0.15, -0.1) is 0 Å². The zero-order valence-electron chi connectivity index (χ0n) is 11.9. The van der Waals surface area contributed by atoms with Gasteiger partial charge in [0.15, 0.2) is 0 Å². The molecule has 1 aromatic carbocycles. The maximum atomic E-state index is 14.1. The minimum Gasteiger partial charge on any atom is -0.378 e. The predicted molar refractivity (Wildman–Crippen MR) is 74.5 cm³/mol. The van der Waals surface area contributed by atoms with Crippen molar-refractivity contribution in [3.05, 3.63) is 35.1 Å². The van der Waals surface area contributed by atoms with E-state index in [0.717, 1.165) is 12.1 Å². The molecular formula is C15H23FN2O. The summed E-state index contributed by atoms with van der Waals surface area (Å²) >= 11 is 0. The summed E-state index contributed by atoms with van der Waals surface area (Å²) in [5, 5.41) is 0. The van der Waals surface area contributed by atoms with E-state index in [2.05, 4.69) is 18.7 Å². The topological polar surface area (TPSA) is 38.5 Å². The molecule has 1 unspecified atom stereocenters. The molecule has 0 spiro atoms. The van der Waals surface area contributed by atoms with Crippen LogP contribution in [-0.2, 0) is 4.74 Å². The number of nitrogens with two attached hydrogens (primary N) is 1. The Morgan fingerprint density at radius 2 is 2.21 bits per heavy atom. The van der Waals surface area contributed by atoms with Crippen LogP contribution < -0.4 is 5.73 Å². The molecule has 3 nitrogen and oxygen atoms in total. The Morgan fingerprint density at radius 1 is 1.47 bits per heavy atom. The van der Waals surface area contributed by atoms with E-state index in [1.165, 1.54) is 6.07 Å². The van der Waals surface area contributed by atoms with Crippen LogP contribution in [-0.4, -0.2) is 36.7 Å². The lowest BCUT2D eigenvalue weighted by molar-refractivity contribution is -0.0718. The molecule has 0 aromatic heterocycles. The smallest absolute Gasteiger partial charge is 0.128 e. The van der Waals surface area contributed by atoms with E-state index in [-0.39, 0.29) is 17.4 Å². The first-order chi connectivity index (χ1) is 8.95. The van der Waals surface area contributed by atoms with Crippen molar-refractivity contribution >= 4 is 0 Å². The lowest BCUT2D eigenvalue weighted by atomic mass is 9.94. The molecule has 1 aliphatic rings. The van der Waals surface area contributed by atoms with E-state index >= 15 is 0 Å². The summed E-state index contributed by atoms with van der Waals surface area (Å²) in [5.41, 5.74) is 7.55. The van der Waals surface area contributed by atoms with E-state index in [4.69, 9.17) is 10.5 Å². The molecule has 106 valence electrons. The number of hydrogen-bond donors (Lipinski definition) is 1. The zero-order chi connectivity index (χ0) is 14.0. The van der Waals surface area contributed by atoms with Gasteiger partial charge in [0.05, 0.1) is 19.3 Å². The first kappa shape index (κ1) is 14.4. The van der Waals surface area contributed by atoms with Crippen LogP contribution in [0.3, 0.4) is 0 Å². The van der Waals surface area contributed by atoms with Crippen molar-refractivity contribution < 1.29 is 9.13 Å². The highest BCUT2D eigenvalue weighted by atomic mass is 19.1. The van der Waals surface area contributed by atoms with Crippen molar-refractivity contribution in [1.82, 2.24) is 4.90 Å². The van der Waals surface area contributed by atoms with Crippen molar-refractivity contribution in [2.75, 3.05) is 26.3 Å².